The summed E-state index contributed by atoms with van der Waals surface area (Å²) in [6.07, 6.45) is 2.96. The van der Waals surface area contributed by atoms with Crippen LogP contribution in [0.15, 0.2) is 12.7 Å². The molecular formula is C4H11BN3. The SMILES string of the molecule is C.C.[B].c1nc[nH]n1. The summed E-state index contributed by atoms with van der Waals surface area (Å²) in [5.41, 5.74) is 0. The number of hydrogen-bond acceptors (Lipinski definition) is 2. The van der Waals surface area contributed by atoms with Crippen molar-refractivity contribution in [1.82, 2.24) is 15.2 Å². The Labute approximate surface area is 52.1 Å². The largest absolute Gasteiger partial charge is 0.266 e. The Hall–Kier alpha value is -0.795. The molecule has 0 saturated heterocycles. The Morgan fingerprint density at radius 2 is 1.88 bits per heavy atom. The van der Waals surface area contributed by atoms with Crippen molar-refractivity contribution in [1.29, 1.82) is 0 Å². The molecule has 1 N–H and O–H groups in total. The Morgan fingerprint density at radius 3 is 2.00 bits per heavy atom. The molecule has 0 aliphatic rings. The van der Waals surface area contributed by atoms with E-state index < -0.39 is 0 Å². The summed E-state index contributed by atoms with van der Waals surface area (Å²) in [6.45, 7) is 0. The monoisotopic (exact) mass is 112 g/mol. The van der Waals surface area contributed by atoms with Gasteiger partial charge in [0.25, 0.3) is 0 Å². The van der Waals surface area contributed by atoms with E-state index in [0.29, 0.717) is 0 Å². The highest BCUT2D eigenvalue weighted by Gasteiger charge is 1.57. The lowest BCUT2D eigenvalue weighted by molar-refractivity contribution is 1.09. The van der Waals surface area contributed by atoms with Crippen LogP contribution in [0.3, 0.4) is 0 Å². The number of aromatic nitrogens is 3. The van der Waals surface area contributed by atoms with Gasteiger partial charge in [-0.25, -0.2) is 4.98 Å². The van der Waals surface area contributed by atoms with Gasteiger partial charge in [0.1, 0.15) is 12.7 Å². The fraction of sp³-hybridized carbons (Fsp3) is 0.500. The zero-order valence-electron chi connectivity index (χ0n) is 3.13. The highest BCUT2D eigenvalue weighted by molar-refractivity contribution is 5.75. The van der Waals surface area contributed by atoms with E-state index in [0.717, 1.165) is 0 Å². The summed E-state index contributed by atoms with van der Waals surface area (Å²) >= 11 is 0. The normalized spacial score (nSPS) is 5.00. The lowest BCUT2D eigenvalue weighted by Gasteiger charge is -1.46. The van der Waals surface area contributed by atoms with Gasteiger partial charge in [0, 0.05) is 8.41 Å². The molecule has 0 aromatic carbocycles. The average molecular weight is 112 g/mol. The molecule has 3 nitrogen and oxygen atoms in total. The Bertz CT molecular complexity index is 67.8. The summed E-state index contributed by atoms with van der Waals surface area (Å²) in [4.78, 5) is 3.56. The van der Waals surface area contributed by atoms with Crippen LogP contribution in [0.5, 0.6) is 0 Å². The zero-order valence-corrected chi connectivity index (χ0v) is 3.13. The van der Waals surface area contributed by atoms with Crippen LogP contribution in [0.4, 0.5) is 0 Å². The molecule has 1 heterocycles. The number of hydrogen-bond donors (Lipinski definition) is 1. The molecular weight excluding hydrogens is 101 g/mol. The second-order valence-corrected chi connectivity index (χ2v) is 0.652. The minimum absolute atomic E-state index is 0. The second-order valence-electron chi connectivity index (χ2n) is 0.652. The second kappa shape index (κ2) is 9.51. The van der Waals surface area contributed by atoms with E-state index in [9.17, 15) is 0 Å². The molecule has 45 valence electrons. The first-order chi connectivity index (χ1) is 2.50. The van der Waals surface area contributed by atoms with Crippen molar-refractivity contribution >= 4 is 8.41 Å². The summed E-state index contributed by atoms with van der Waals surface area (Å²) in [7, 11) is 0. The lowest BCUT2D eigenvalue weighted by Crippen LogP contribution is -1.53. The first-order valence-electron chi connectivity index (χ1n) is 1.29. The molecule has 0 amide bonds. The average Bonchev–Trinajstić information content (AvgIpc) is 1.76. The lowest BCUT2D eigenvalue weighted by atomic mass is 10.8. The van der Waals surface area contributed by atoms with Crippen molar-refractivity contribution in [3.63, 3.8) is 0 Å². The van der Waals surface area contributed by atoms with E-state index >= 15 is 0 Å². The Kier molecular flexibility index (Phi) is 18.6. The maximum atomic E-state index is 3.56. The Morgan fingerprint density at radius 1 is 1.25 bits per heavy atom. The minimum atomic E-state index is 0. The number of aromatic amines is 1. The molecule has 0 bridgehead atoms. The van der Waals surface area contributed by atoms with Gasteiger partial charge in [-0.2, -0.15) is 5.10 Å². The summed E-state index contributed by atoms with van der Waals surface area (Å²) in [5, 5.41) is 5.99. The van der Waals surface area contributed by atoms with Gasteiger partial charge in [-0.15, -0.1) is 0 Å². The van der Waals surface area contributed by atoms with Gasteiger partial charge in [-0.05, 0) is 0 Å². The van der Waals surface area contributed by atoms with Crippen molar-refractivity contribution < 1.29 is 0 Å². The molecule has 3 radical (unpaired) electrons. The van der Waals surface area contributed by atoms with Crippen LogP contribution in [0.1, 0.15) is 14.9 Å². The van der Waals surface area contributed by atoms with Gasteiger partial charge in [0.15, 0.2) is 0 Å². The maximum Gasteiger partial charge on any atom is 0.137 e. The fourth-order valence-electron chi connectivity index (χ4n) is 0.167. The van der Waals surface area contributed by atoms with Crippen LogP contribution in [0.25, 0.3) is 0 Å². The van der Waals surface area contributed by atoms with Gasteiger partial charge in [0.2, 0.25) is 0 Å². The standard InChI is InChI=1S/C2H3N3.2CH4.B/c1-3-2-5-4-1;;;/h1-2H,(H,3,4,5);2*1H4;. The van der Waals surface area contributed by atoms with E-state index in [-0.39, 0.29) is 23.3 Å². The predicted octanol–water partition coefficient (Wildman–Crippen LogP) is 0.696. The molecule has 0 atom stereocenters. The third kappa shape index (κ3) is 5.20. The van der Waals surface area contributed by atoms with Crippen LogP contribution < -0.4 is 0 Å². The van der Waals surface area contributed by atoms with Crippen molar-refractivity contribution in [3.05, 3.63) is 12.7 Å². The summed E-state index contributed by atoms with van der Waals surface area (Å²) in [5.74, 6) is 0. The number of rotatable bonds is 0. The molecule has 1 aromatic rings. The van der Waals surface area contributed by atoms with Crippen molar-refractivity contribution in [3.8, 4) is 0 Å². The first-order valence-corrected chi connectivity index (χ1v) is 1.29. The van der Waals surface area contributed by atoms with Gasteiger partial charge in [-0.1, -0.05) is 14.9 Å². The molecule has 0 spiro atoms. The molecule has 0 unspecified atom stereocenters. The zero-order chi connectivity index (χ0) is 3.54. The van der Waals surface area contributed by atoms with Crippen LogP contribution in [0, 0.1) is 0 Å². The molecule has 0 aliphatic heterocycles. The van der Waals surface area contributed by atoms with Gasteiger partial charge in [0.05, 0.1) is 0 Å². The highest BCUT2D eigenvalue weighted by Crippen LogP contribution is 1.53. The van der Waals surface area contributed by atoms with E-state index in [4.69, 9.17) is 0 Å². The maximum absolute atomic E-state index is 3.56. The van der Waals surface area contributed by atoms with E-state index in [1.807, 2.05) is 0 Å². The summed E-state index contributed by atoms with van der Waals surface area (Å²) in [6, 6.07) is 0. The molecule has 1 rings (SSSR count). The van der Waals surface area contributed by atoms with E-state index in [1.54, 1.807) is 0 Å². The van der Waals surface area contributed by atoms with E-state index in [1.165, 1.54) is 12.7 Å². The summed E-state index contributed by atoms with van der Waals surface area (Å²) < 4.78 is 0. The van der Waals surface area contributed by atoms with E-state index in [2.05, 4.69) is 15.2 Å². The van der Waals surface area contributed by atoms with Crippen molar-refractivity contribution in [2.24, 2.45) is 0 Å². The van der Waals surface area contributed by atoms with Crippen LogP contribution in [-0.2, 0) is 0 Å². The third-order valence-electron chi connectivity index (χ3n) is 0.331. The molecule has 1 aromatic heterocycles. The molecule has 8 heavy (non-hydrogen) atoms. The molecule has 4 heteroatoms. The number of H-pyrrole nitrogens is 1. The Balaban J connectivity index is -0.0000000833. The first kappa shape index (κ1) is 15.7. The van der Waals surface area contributed by atoms with Crippen molar-refractivity contribution in [2.75, 3.05) is 0 Å². The van der Waals surface area contributed by atoms with Crippen molar-refractivity contribution in [2.45, 2.75) is 14.9 Å². The minimum Gasteiger partial charge on any atom is -0.266 e. The third-order valence-corrected chi connectivity index (χ3v) is 0.331. The van der Waals surface area contributed by atoms with Crippen LogP contribution in [-0.4, -0.2) is 23.6 Å². The molecule has 0 saturated carbocycles. The van der Waals surface area contributed by atoms with Gasteiger partial charge < -0.3 is 0 Å². The molecule has 0 aliphatic carbocycles. The topological polar surface area (TPSA) is 41.6 Å². The number of nitrogens with one attached hydrogen (secondary N) is 1. The quantitative estimate of drug-likeness (QED) is 0.501. The van der Waals surface area contributed by atoms with Crippen LogP contribution >= 0.6 is 0 Å². The van der Waals surface area contributed by atoms with Crippen LogP contribution in [0.2, 0.25) is 0 Å². The highest BCUT2D eigenvalue weighted by atomic mass is 15.2. The van der Waals surface area contributed by atoms with Gasteiger partial charge in [-0.3, -0.25) is 5.10 Å². The smallest absolute Gasteiger partial charge is 0.137 e. The fourth-order valence-corrected chi connectivity index (χ4v) is 0.167. The predicted molar refractivity (Wildman–Crippen MR) is 35.6 cm³/mol. The molecule has 0 fully saturated rings. The number of nitrogens with zero attached hydrogens (tertiary/aromatic N) is 2. The van der Waals surface area contributed by atoms with Gasteiger partial charge >= 0.3 is 0 Å².